The average molecular weight is 338 g/mol. The van der Waals surface area contributed by atoms with Crippen molar-refractivity contribution in [3.63, 3.8) is 0 Å². The molecule has 0 spiro atoms. The highest BCUT2D eigenvalue weighted by atomic mass is 35.5. The molecule has 22 heavy (non-hydrogen) atoms. The van der Waals surface area contributed by atoms with Gasteiger partial charge < -0.3 is 5.32 Å². The van der Waals surface area contributed by atoms with E-state index < -0.39 is 5.82 Å². The van der Waals surface area contributed by atoms with Gasteiger partial charge in [0, 0.05) is 0 Å². The van der Waals surface area contributed by atoms with Gasteiger partial charge in [-0.05, 0) is 42.5 Å². The predicted molar refractivity (Wildman–Crippen MR) is 86.0 cm³/mol. The Morgan fingerprint density at radius 2 is 1.95 bits per heavy atom. The van der Waals surface area contributed by atoms with Gasteiger partial charge in [-0.25, -0.2) is 4.39 Å². The number of rotatable bonds is 2. The first kappa shape index (κ1) is 15.3. The highest BCUT2D eigenvalue weighted by molar-refractivity contribution is 6.36. The first-order valence-corrected chi connectivity index (χ1v) is 7.85. The summed E-state index contributed by atoms with van der Waals surface area (Å²) in [6.07, 6.45) is 2.87. The summed E-state index contributed by atoms with van der Waals surface area (Å²) in [5, 5.41) is 3.00. The SMILES string of the molecule is O=C(N[C@@H]1CCCc2ccccc21)c1cc(F)c(Cl)cc1Cl. The number of nitrogens with one attached hydrogen (secondary N) is 1. The van der Waals surface area contributed by atoms with Gasteiger partial charge in [0.15, 0.2) is 0 Å². The van der Waals surface area contributed by atoms with Crippen molar-refractivity contribution in [3.05, 3.63) is 69.0 Å². The number of carbonyl (C=O) groups is 1. The number of hydrogen-bond acceptors (Lipinski definition) is 1. The summed E-state index contributed by atoms with van der Waals surface area (Å²) in [5.74, 6) is -1.04. The lowest BCUT2D eigenvalue weighted by Crippen LogP contribution is -2.31. The van der Waals surface area contributed by atoms with E-state index in [4.69, 9.17) is 23.2 Å². The Balaban J connectivity index is 1.85. The molecule has 2 aromatic carbocycles. The van der Waals surface area contributed by atoms with Crippen molar-refractivity contribution >= 4 is 29.1 Å². The lowest BCUT2D eigenvalue weighted by molar-refractivity contribution is 0.0932. The van der Waals surface area contributed by atoms with Crippen LogP contribution >= 0.6 is 23.2 Å². The highest BCUT2D eigenvalue weighted by Crippen LogP contribution is 2.30. The monoisotopic (exact) mass is 337 g/mol. The lowest BCUT2D eigenvalue weighted by Gasteiger charge is -2.26. The summed E-state index contributed by atoms with van der Waals surface area (Å²) < 4.78 is 13.6. The summed E-state index contributed by atoms with van der Waals surface area (Å²) in [5.41, 5.74) is 2.46. The van der Waals surface area contributed by atoms with Crippen LogP contribution in [0.4, 0.5) is 4.39 Å². The van der Waals surface area contributed by atoms with Crippen molar-refractivity contribution in [1.82, 2.24) is 5.32 Å². The van der Waals surface area contributed by atoms with Crippen molar-refractivity contribution in [1.29, 1.82) is 0 Å². The Morgan fingerprint density at radius 1 is 1.18 bits per heavy atom. The van der Waals surface area contributed by atoms with E-state index in [1.807, 2.05) is 18.2 Å². The summed E-state index contributed by atoms with van der Waals surface area (Å²) in [6, 6.07) is 10.3. The van der Waals surface area contributed by atoms with Gasteiger partial charge in [-0.15, -0.1) is 0 Å². The second-order valence-electron chi connectivity index (χ2n) is 5.36. The molecule has 0 radical (unpaired) electrons. The Morgan fingerprint density at radius 3 is 2.77 bits per heavy atom. The van der Waals surface area contributed by atoms with Crippen LogP contribution in [0.2, 0.25) is 10.0 Å². The topological polar surface area (TPSA) is 29.1 Å². The molecule has 2 nitrogen and oxygen atoms in total. The molecular weight excluding hydrogens is 324 g/mol. The van der Waals surface area contributed by atoms with E-state index in [0.29, 0.717) is 0 Å². The third-order valence-electron chi connectivity index (χ3n) is 3.93. The van der Waals surface area contributed by atoms with Crippen LogP contribution in [0.25, 0.3) is 0 Å². The van der Waals surface area contributed by atoms with Crippen molar-refractivity contribution in [3.8, 4) is 0 Å². The zero-order valence-corrected chi connectivity index (χ0v) is 13.2. The molecule has 0 aliphatic heterocycles. The van der Waals surface area contributed by atoms with Gasteiger partial charge in [-0.2, -0.15) is 0 Å². The summed E-state index contributed by atoms with van der Waals surface area (Å²) in [4.78, 5) is 12.4. The van der Waals surface area contributed by atoms with Crippen LogP contribution in [-0.4, -0.2) is 5.91 Å². The van der Waals surface area contributed by atoms with E-state index in [1.54, 1.807) is 0 Å². The zero-order valence-electron chi connectivity index (χ0n) is 11.7. The van der Waals surface area contributed by atoms with Gasteiger partial charge in [0.1, 0.15) is 5.82 Å². The number of halogens is 3. The number of hydrogen-bond donors (Lipinski definition) is 1. The third kappa shape index (κ3) is 2.96. The molecular formula is C17H14Cl2FNO. The number of amides is 1. The van der Waals surface area contributed by atoms with Gasteiger partial charge in [0.25, 0.3) is 5.91 Å². The largest absolute Gasteiger partial charge is 0.345 e. The Kier molecular flexibility index (Phi) is 4.37. The maximum atomic E-state index is 13.6. The fourth-order valence-electron chi connectivity index (χ4n) is 2.84. The Labute approximate surface area is 138 Å². The minimum Gasteiger partial charge on any atom is -0.345 e. The fourth-order valence-corrected chi connectivity index (χ4v) is 3.31. The van der Waals surface area contributed by atoms with Crippen molar-refractivity contribution < 1.29 is 9.18 Å². The van der Waals surface area contributed by atoms with E-state index in [9.17, 15) is 9.18 Å². The van der Waals surface area contributed by atoms with Crippen molar-refractivity contribution in [2.45, 2.75) is 25.3 Å². The van der Waals surface area contributed by atoms with Crippen LogP contribution in [0.5, 0.6) is 0 Å². The minimum absolute atomic E-state index is 0.0766. The maximum Gasteiger partial charge on any atom is 0.253 e. The average Bonchev–Trinajstić information content (AvgIpc) is 2.51. The third-order valence-corrected chi connectivity index (χ3v) is 4.53. The molecule has 5 heteroatoms. The Bertz CT molecular complexity index is 733. The molecule has 1 amide bonds. The number of aryl methyl sites for hydroxylation is 1. The van der Waals surface area contributed by atoms with Gasteiger partial charge in [0.05, 0.1) is 21.7 Å². The van der Waals surface area contributed by atoms with E-state index in [2.05, 4.69) is 11.4 Å². The molecule has 0 saturated carbocycles. The number of fused-ring (bicyclic) bond motifs is 1. The van der Waals surface area contributed by atoms with E-state index in [1.165, 1.54) is 11.6 Å². The maximum absolute atomic E-state index is 13.6. The van der Waals surface area contributed by atoms with Crippen LogP contribution in [0.15, 0.2) is 36.4 Å². The molecule has 1 aliphatic rings. The molecule has 0 aromatic heterocycles. The van der Waals surface area contributed by atoms with E-state index in [0.717, 1.165) is 30.9 Å². The molecule has 0 bridgehead atoms. The lowest BCUT2D eigenvalue weighted by atomic mass is 9.87. The van der Waals surface area contributed by atoms with Gasteiger partial charge >= 0.3 is 0 Å². The molecule has 2 aromatic rings. The molecule has 1 aliphatic carbocycles. The van der Waals surface area contributed by atoms with Gasteiger partial charge in [0.2, 0.25) is 0 Å². The smallest absolute Gasteiger partial charge is 0.253 e. The molecule has 3 rings (SSSR count). The normalized spacial score (nSPS) is 17.0. The minimum atomic E-state index is -0.653. The van der Waals surface area contributed by atoms with Crippen LogP contribution in [0.3, 0.4) is 0 Å². The second-order valence-corrected chi connectivity index (χ2v) is 6.18. The molecule has 0 saturated heterocycles. The summed E-state index contributed by atoms with van der Waals surface area (Å²) in [7, 11) is 0. The fraction of sp³-hybridized carbons (Fsp3) is 0.235. The molecule has 1 N–H and O–H groups in total. The molecule has 114 valence electrons. The highest BCUT2D eigenvalue weighted by Gasteiger charge is 2.23. The second kappa shape index (κ2) is 6.27. The van der Waals surface area contributed by atoms with E-state index in [-0.39, 0.29) is 27.6 Å². The zero-order chi connectivity index (χ0) is 15.7. The number of benzene rings is 2. The van der Waals surface area contributed by atoms with Gasteiger partial charge in [-0.1, -0.05) is 47.5 Å². The first-order chi connectivity index (χ1) is 10.6. The first-order valence-electron chi connectivity index (χ1n) is 7.09. The molecule has 0 fully saturated rings. The van der Waals surface area contributed by atoms with Crippen LogP contribution < -0.4 is 5.32 Å². The predicted octanol–water partition coefficient (Wildman–Crippen LogP) is 4.94. The Hall–Kier alpha value is -1.58. The van der Waals surface area contributed by atoms with Crippen molar-refractivity contribution in [2.75, 3.05) is 0 Å². The summed E-state index contributed by atoms with van der Waals surface area (Å²) in [6.45, 7) is 0. The van der Waals surface area contributed by atoms with Crippen LogP contribution in [0.1, 0.15) is 40.4 Å². The molecule has 1 atom stereocenters. The summed E-state index contributed by atoms with van der Waals surface area (Å²) >= 11 is 11.7. The molecule has 0 heterocycles. The number of carbonyl (C=O) groups excluding carboxylic acids is 1. The quantitative estimate of drug-likeness (QED) is 0.772. The van der Waals surface area contributed by atoms with Gasteiger partial charge in [-0.3, -0.25) is 4.79 Å². The van der Waals surface area contributed by atoms with Crippen LogP contribution in [0, 0.1) is 5.82 Å². The van der Waals surface area contributed by atoms with Crippen molar-refractivity contribution in [2.24, 2.45) is 0 Å². The standard InChI is InChI=1S/C17H14Cl2FNO/c18-13-9-14(19)15(20)8-12(13)17(22)21-16-7-3-5-10-4-1-2-6-11(10)16/h1-2,4,6,8-9,16H,3,5,7H2,(H,21,22)/t16-/m1/s1. The van der Waals surface area contributed by atoms with E-state index >= 15 is 0 Å². The molecule has 0 unspecified atom stereocenters. The van der Waals surface area contributed by atoms with Crippen LogP contribution in [-0.2, 0) is 6.42 Å².